The monoisotopic (exact) mass is 657 g/mol. The molecule has 1 aliphatic rings. The van der Waals surface area contributed by atoms with Gasteiger partial charge in [-0.15, -0.1) is 0 Å². The van der Waals surface area contributed by atoms with Gasteiger partial charge in [0.15, 0.2) is 0 Å². The molecule has 1 unspecified atom stereocenters. The lowest BCUT2D eigenvalue weighted by atomic mass is 10.0. The van der Waals surface area contributed by atoms with Crippen molar-refractivity contribution >= 4 is 50.7 Å². The third kappa shape index (κ3) is 9.22. The number of aryl methyl sites for hydroxylation is 2. The van der Waals surface area contributed by atoms with Crippen molar-refractivity contribution in [2.75, 3.05) is 17.1 Å². The molecule has 236 valence electrons. The molecule has 1 fully saturated rings. The summed E-state index contributed by atoms with van der Waals surface area (Å²) in [6, 6.07) is 19.7. The highest BCUT2D eigenvalue weighted by Crippen LogP contribution is 2.27. The van der Waals surface area contributed by atoms with Gasteiger partial charge < -0.3 is 10.2 Å². The molecule has 2 amide bonds. The van der Waals surface area contributed by atoms with Gasteiger partial charge in [0.25, 0.3) is 0 Å². The van der Waals surface area contributed by atoms with Crippen LogP contribution in [0.3, 0.4) is 0 Å². The van der Waals surface area contributed by atoms with Crippen molar-refractivity contribution in [3.8, 4) is 0 Å². The summed E-state index contributed by atoms with van der Waals surface area (Å²) in [5.41, 5.74) is 3.97. The van der Waals surface area contributed by atoms with E-state index in [0.29, 0.717) is 27.7 Å². The molecule has 0 saturated heterocycles. The van der Waals surface area contributed by atoms with Gasteiger partial charge in [0.2, 0.25) is 21.8 Å². The minimum absolute atomic E-state index is 0.0457. The summed E-state index contributed by atoms with van der Waals surface area (Å²) in [6.07, 6.45) is 5.78. The Balaban J connectivity index is 1.62. The second-order valence-corrected chi connectivity index (χ2v) is 14.4. The van der Waals surface area contributed by atoms with Crippen LogP contribution < -0.4 is 9.62 Å². The SMILES string of the molecule is Cc1ccc(C)c(N(CCCC(=O)N(Cc2ccc(Cl)cc2Cl)C(Cc2ccccc2)C(=O)NC2CCCC2)S(C)(=O)=O)c1. The minimum atomic E-state index is -3.60. The number of halogens is 2. The largest absolute Gasteiger partial charge is 0.352 e. The maximum absolute atomic E-state index is 14.1. The van der Waals surface area contributed by atoms with E-state index < -0.39 is 16.1 Å². The summed E-state index contributed by atoms with van der Waals surface area (Å²) < 4.78 is 27.0. The molecule has 0 spiro atoms. The lowest BCUT2D eigenvalue weighted by molar-refractivity contribution is -0.141. The van der Waals surface area contributed by atoms with Gasteiger partial charge in [0.05, 0.1) is 11.9 Å². The molecule has 1 aliphatic carbocycles. The quantitative estimate of drug-likeness (QED) is 0.218. The predicted molar refractivity (Wildman–Crippen MR) is 179 cm³/mol. The van der Waals surface area contributed by atoms with Crippen LogP contribution in [0.1, 0.15) is 60.8 Å². The average Bonchev–Trinajstić information content (AvgIpc) is 3.48. The number of rotatable bonds is 13. The van der Waals surface area contributed by atoms with Gasteiger partial charge >= 0.3 is 0 Å². The van der Waals surface area contributed by atoms with Gasteiger partial charge in [-0.2, -0.15) is 0 Å². The Hall–Kier alpha value is -3.07. The van der Waals surface area contributed by atoms with Crippen LogP contribution in [0.15, 0.2) is 66.7 Å². The Labute approximate surface area is 271 Å². The highest BCUT2D eigenvalue weighted by molar-refractivity contribution is 7.92. The fourth-order valence-electron chi connectivity index (χ4n) is 5.73. The van der Waals surface area contributed by atoms with Crippen LogP contribution in [-0.2, 0) is 32.6 Å². The molecule has 7 nitrogen and oxygen atoms in total. The number of sulfonamides is 1. The van der Waals surface area contributed by atoms with Gasteiger partial charge in [-0.1, -0.05) is 84.6 Å². The summed E-state index contributed by atoms with van der Waals surface area (Å²) >= 11 is 12.7. The van der Waals surface area contributed by atoms with E-state index in [1.54, 1.807) is 23.1 Å². The Kier molecular flexibility index (Phi) is 11.7. The Morgan fingerprint density at radius 2 is 1.68 bits per heavy atom. The highest BCUT2D eigenvalue weighted by Gasteiger charge is 2.32. The zero-order chi connectivity index (χ0) is 31.9. The number of amides is 2. The summed E-state index contributed by atoms with van der Waals surface area (Å²) in [5, 5.41) is 4.08. The molecule has 0 aromatic heterocycles. The van der Waals surface area contributed by atoms with E-state index in [1.165, 1.54) is 10.6 Å². The Morgan fingerprint density at radius 3 is 2.34 bits per heavy atom. The van der Waals surface area contributed by atoms with Crippen LogP contribution in [0.2, 0.25) is 10.0 Å². The lowest BCUT2D eigenvalue weighted by Gasteiger charge is -2.33. The fraction of sp³-hybridized carbons (Fsp3) is 0.412. The maximum Gasteiger partial charge on any atom is 0.243 e. The van der Waals surface area contributed by atoms with Gasteiger partial charge in [-0.05, 0) is 73.6 Å². The molecule has 44 heavy (non-hydrogen) atoms. The van der Waals surface area contributed by atoms with E-state index in [4.69, 9.17) is 23.2 Å². The van der Waals surface area contributed by atoms with Gasteiger partial charge in [-0.25, -0.2) is 8.42 Å². The molecule has 3 aromatic rings. The maximum atomic E-state index is 14.1. The number of nitrogens with zero attached hydrogens (tertiary/aromatic N) is 2. The first-order valence-corrected chi connectivity index (χ1v) is 17.7. The van der Waals surface area contributed by atoms with Gasteiger partial charge in [0.1, 0.15) is 6.04 Å². The number of anilines is 1. The van der Waals surface area contributed by atoms with Crippen LogP contribution >= 0.6 is 23.2 Å². The zero-order valence-electron chi connectivity index (χ0n) is 25.6. The van der Waals surface area contributed by atoms with Gasteiger partial charge in [-0.3, -0.25) is 13.9 Å². The summed E-state index contributed by atoms with van der Waals surface area (Å²) in [5.74, 6) is -0.458. The van der Waals surface area contributed by atoms with E-state index in [0.717, 1.165) is 42.4 Å². The zero-order valence-corrected chi connectivity index (χ0v) is 27.9. The first-order chi connectivity index (χ1) is 20.9. The number of nitrogens with one attached hydrogen (secondary N) is 1. The normalized spacial score (nSPS) is 14.3. The number of carbonyl (C=O) groups is 2. The number of hydrogen-bond donors (Lipinski definition) is 1. The van der Waals surface area contributed by atoms with Crippen LogP contribution in [0.4, 0.5) is 5.69 Å². The van der Waals surface area contributed by atoms with E-state index in [9.17, 15) is 18.0 Å². The standard InChI is InChI=1S/C34H41Cl2N3O4S/c1-24-15-16-25(2)31(20-24)39(44(3,42)43)19-9-14-33(40)38(23-27-17-18-28(35)22-30(27)36)32(21-26-10-5-4-6-11-26)34(41)37-29-12-7-8-13-29/h4-6,10-11,15-18,20,22,29,32H,7-9,12-14,19,21,23H2,1-3H3,(H,37,41). The third-order valence-corrected chi connectivity index (χ3v) is 9.88. The van der Waals surface area contributed by atoms with Crippen molar-refractivity contribution in [3.63, 3.8) is 0 Å². The minimum Gasteiger partial charge on any atom is -0.352 e. The Morgan fingerprint density at radius 1 is 0.977 bits per heavy atom. The fourth-order valence-corrected chi connectivity index (χ4v) is 7.21. The molecule has 10 heteroatoms. The van der Waals surface area contributed by atoms with E-state index in [-0.39, 0.29) is 43.8 Å². The molecule has 4 rings (SSSR count). The van der Waals surface area contributed by atoms with Crippen LogP contribution in [0, 0.1) is 13.8 Å². The first kappa shape index (κ1) is 33.8. The molecule has 0 radical (unpaired) electrons. The van der Waals surface area contributed by atoms with Crippen molar-refractivity contribution in [2.24, 2.45) is 0 Å². The summed E-state index contributed by atoms with van der Waals surface area (Å²) in [7, 11) is -3.60. The Bertz CT molecular complexity index is 1560. The van der Waals surface area contributed by atoms with Crippen molar-refractivity contribution in [2.45, 2.75) is 77.4 Å². The topological polar surface area (TPSA) is 86.8 Å². The van der Waals surface area contributed by atoms with Crippen molar-refractivity contribution in [1.82, 2.24) is 10.2 Å². The van der Waals surface area contributed by atoms with Crippen molar-refractivity contribution < 1.29 is 18.0 Å². The van der Waals surface area contributed by atoms with Crippen LogP contribution in [0.5, 0.6) is 0 Å². The molecule has 1 saturated carbocycles. The number of benzene rings is 3. The summed E-state index contributed by atoms with van der Waals surface area (Å²) in [6.45, 7) is 4.02. The number of hydrogen-bond acceptors (Lipinski definition) is 4. The molecular formula is C34H41Cl2N3O4S. The number of carbonyl (C=O) groups excluding carboxylic acids is 2. The molecule has 0 heterocycles. The lowest BCUT2D eigenvalue weighted by Crippen LogP contribution is -2.52. The predicted octanol–water partition coefficient (Wildman–Crippen LogP) is 6.86. The van der Waals surface area contributed by atoms with Crippen LogP contribution in [0.25, 0.3) is 0 Å². The third-order valence-electron chi connectivity index (χ3n) is 8.11. The average molecular weight is 659 g/mol. The molecule has 0 aliphatic heterocycles. The van der Waals surface area contributed by atoms with Crippen molar-refractivity contribution in [1.29, 1.82) is 0 Å². The molecule has 0 bridgehead atoms. The first-order valence-electron chi connectivity index (χ1n) is 15.0. The van der Waals surface area contributed by atoms with E-state index in [2.05, 4.69) is 5.32 Å². The molecule has 1 N–H and O–H groups in total. The second kappa shape index (κ2) is 15.3. The summed E-state index contributed by atoms with van der Waals surface area (Å²) in [4.78, 5) is 29.6. The molecule has 1 atom stereocenters. The van der Waals surface area contributed by atoms with Crippen molar-refractivity contribution in [3.05, 3.63) is 99.0 Å². The van der Waals surface area contributed by atoms with E-state index >= 15 is 0 Å². The van der Waals surface area contributed by atoms with Crippen LogP contribution in [-0.4, -0.2) is 50.0 Å². The van der Waals surface area contributed by atoms with E-state index in [1.807, 2.05) is 62.4 Å². The second-order valence-electron chi connectivity index (χ2n) is 11.7. The highest BCUT2D eigenvalue weighted by atomic mass is 35.5. The molecular weight excluding hydrogens is 617 g/mol. The smallest absolute Gasteiger partial charge is 0.243 e. The van der Waals surface area contributed by atoms with Gasteiger partial charge in [0, 0.05) is 42.0 Å². The molecule has 3 aromatic carbocycles.